The predicted octanol–water partition coefficient (Wildman–Crippen LogP) is 4.74. The number of carbonyl (C=O) groups is 2. The standard InChI is InChI=1S/C28H33N3O4/c1-28(2)14-24-26(21-11-9-19(35-3)13-23(21)31(24)25(33)15-28)16-4-10-20(27(29)34)22(12-16)30-17-5-7-18(32)8-6-17/h4,9-13,17-18,30,32H,5-8,14-15H2,1-3H3,(H2,29,34). The van der Waals surface area contributed by atoms with E-state index in [-0.39, 0.29) is 23.5 Å². The molecule has 2 aromatic carbocycles. The molecule has 0 bridgehead atoms. The SMILES string of the molecule is COc1ccc2c(-c3ccc(C(N)=O)c(NC4CCC(O)CC4)c3)c3n(c2c1)C(=O)CC(C)(C)C3. The number of hydrogen-bond donors (Lipinski definition) is 3. The van der Waals surface area contributed by atoms with Crippen LogP contribution in [0.3, 0.4) is 0 Å². The fourth-order valence-electron chi connectivity index (χ4n) is 5.70. The largest absolute Gasteiger partial charge is 0.497 e. The van der Waals surface area contributed by atoms with Crippen molar-refractivity contribution >= 4 is 28.4 Å². The maximum absolute atomic E-state index is 13.3. The van der Waals surface area contributed by atoms with Gasteiger partial charge in [0.15, 0.2) is 0 Å². The van der Waals surface area contributed by atoms with Crippen molar-refractivity contribution in [3.8, 4) is 16.9 Å². The number of primary amides is 1. The van der Waals surface area contributed by atoms with E-state index in [0.717, 1.165) is 59.8 Å². The molecular formula is C28H33N3O4. The number of nitrogens with one attached hydrogen (secondary N) is 1. The number of benzene rings is 2. The van der Waals surface area contributed by atoms with Crippen molar-refractivity contribution in [2.75, 3.05) is 12.4 Å². The Morgan fingerprint density at radius 1 is 1.11 bits per heavy atom. The maximum Gasteiger partial charge on any atom is 0.250 e. The lowest BCUT2D eigenvalue weighted by atomic mass is 9.80. The van der Waals surface area contributed by atoms with Crippen molar-refractivity contribution in [1.82, 2.24) is 4.57 Å². The summed E-state index contributed by atoms with van der Waals surface area (Å²) in [4.78, 5) is 25.5. The highest BCUT2D eigenvalue weighted by Crippen LogP contribution is 2.44. The van der Waals surface area contributed by atoms with Gasteiger partial charge >= 0.3 is 0 Å². The zero-order chi connectivity index (χ0) is 24.9. The minimum Gasteiger partial charge on any atom is -0.497 e. The van der Waals surface area contributed by atoms with Crippen LogP contribution in [0, 0.1) is 5.41 Å². The first-order chi connectivity index (χ1) is 16.7. The van der Waals surface area contributed by atoms with Gasteiger partial charge in [0.2, 0.25) is 5.91 Å². The predicted molar refractivity (Wildman–Crippen MR) is 137 cm³/mol. The fourth-order valence-corrected chi connectivity index (χ4v) is 5.70. The number of hydrogen-bond acceptors (Lipinski definition) is 5. The topological polar surface area (TPSA) is 107 Å². The van der Waals surface area contributed by atoms with Crippen molar-refractivity contribution in [3.05, 3.63) is 47.7 Å². The molecule has 1 aliphatic carbocycles. The molecule has 7 nitrogen and oxygen atoms in total. The van der Waals surface area contributed by atoms with Crippen LogP contribution in [0.1, 0.15) is 66.8 Å². The molecule has 1 aliphatic heterocycles. The summed E-state index contributed by atoms with van der Waals surface area (Å²) < 4.78 is 7.30. The molecule has 1 fully saturated rings. The van der Waals surface area contributed by atoms with E-state index in [1.807, 2.05) is 34.9 Å². The number of aromatic nitrogens is 1. The van der Waals surface area contributed by atoms with E-state index in [1.165, 1.54) is 0 Å². The summed E-state index contributed by atoms with van der Waals surface area (Å²) in [5.74, 6) is 0.293. The second-order valence-electron chi connectivity index (χ2n) is 10.7. The van der Waals surface area contributed by atoms with Crippen LogP contribution in [0.5, 0.6) is 5.75 Å². The van der Waals surface area contributed by atoms with Gasteiger partial charge in [0, 0.05) is 40.9 Å². The number of amides is 1. The number of fused-ring (bicyclic) bond motifs is 3. The number of ether oxygens (including phenoxy) is 1. The average Bonchev–Trinajstić information content (AvgIpc) is 3.12. The Morgan fingerprint density at radius 2 is 1.86 bits per heavy atom. The maximum atomic E-state index is 13.3. The van der Waals surface area contributed by atoms with Gasteiger partial charge in [0.05, 0.1) is 24.3 Å². The van der Waals surface area contributed by atoms with Crippen molar-refractivity contribution in [1.29, 1.82) is 0 Å². The number of rotatable bonds is 5. The fraction of sp³-hybridized carbons (Fsp3) is 0.429. The van der Waals surface area contributed by atoms with Gasteiger partial charge < -0.3 is 20.9 Å². The molecule has 4 N–H and O–H groups in total. The van der Waals surface area contributed by atoms with Crippen LogP contribution in [-0.4, -0.2) is 40.7 Å². The van der Waals surface area contributed by atoms with Crippen LogP contribution in [0.2, 0.25) is 0 Å². The molecule has 3 aromatic rings. The summed E-state index contributed by atoms with van der Waals surface area (Å²) in [6.45, 7) is 4.24. The molecule has 0 radical (unpaired) electrons. The van der Waals surface area contributed by atoms with Crippen LogP contribution in [0.15, 0.2) is 36.4 Å². The molecule has 0 unspecified atom stereocenters. The van der Waals surface area contributed by atoms with Gasteiger partial charge in [0.25, 0.3) is 5.91 Å². The van der Waals surface area contributed by atoms with E-state index in [2.05, 4.69) is 19.2 Å². The summed E-state index contributed by atoms with van der Waals surface area (Å²) in [6.07, 6.45) is 4.10. The van der Waals surface area contributed by atoms with E-state index >= 15 is 0 Å². The number of aliphatic hydroxyl groups is 1. The minimum absolute atomic E-state index is 0.0774. The lowest BCUT2D eigenvalue weighted by molar-refractivity contribution is 0.0816. The molecule has 184 valence electrons. The highest BCUT2D eigenvalue weighted by atomic mass is 16.5. The lowest BCUT2D eigenvalue weighted by Crippen LogP contribution is -2.31. The average molecular weight is 476 g/mol. The zero-order valence-electron chi connectivity index (χ0n) is 20.6. The van der Waals surface area contributed by atoms with Crippen molar-refractivity contribution in [2.45, 2.75) is 64.5 Å². The number of nitrogens with two attached hydrogens (primary N) is 1. The normalized spacial score (nSPS) is 21.5. The van der Waals surface area contributed by atoms with Gasteiger partial charge in [-0.2, -0.15) is 0 Å². The number of anilines is 1. The van der Waals surface area contributed by atoms with Crippen LogP contribution >= 0.6 is 0 Å². The highest BCUT2D eigenvalue weighted by molar-refractivity contribution is 6.06. The van der Waals surface area contributed by atoms with Gasteiger partial charge in [-0.05, 0) is 67.3 Å². The minimum atomic E-state index is -0.486. The summed E-state index contributed by atoms with van der Waals surface area (Å²) >= 11 is 0. The first-order valence-electron chi connectivity index (χ1n) is 12.3. The Kier molecular flexibility index (Phi) is 5.83. The Labute approximate surface area is 205 Å². The molecule has 2 aliphatic rings. The van der Waals surface area contributed by atoms with Crippen molar-refractivity contribution < 1.29 is 19.4 Å². The second kappa shape index (κ2) is 8.72. The first-order valence-corrected chi connectivity index (χ1v) is 12.3. The van der Waals surface area contributed by atoms with Crippen LogP contribution in [0.25, 0.3) is 22.0 Å². The monoisotopic (exact) mass is 475 g/mol. The second-order valence-corrected chi connectivity index (χ2v) is 10.7. The van der Waals surface area contributed by atoms with Crippen LogP contribution in [-0.2, 0) is 6.42 Å². The summed E-state index contributed by atoms with van der Waals surface area (Å²) in [5, 5.41) is 14.4. The molecule has 7 heteroatoms. The Morgan fingerprint density at radius 3 is 2.54 bits per heavy atom. The molecular weight excluding hydrogens is 442 g/mol. The third-order valence-corrected chi connectivity index (χ3v) is 7.43. The van der Waals surface area contributed by atoms with Gasteiger partial charge in [-0.25, -0.2) is 0 Å². The quantitative estimate of drug-likeness (QED) is 0.494. The lowest BCUT2D eigenvalue weighted by Gasteiger charge is -2.31. The zero-order valence-corrected chi connectivity index (χ0v) is 20.6. The van der Waals surface area contributed by atoms with Gasteiger partial charge in [-0.15, -0.1) is 0 Å². The third kappa shape index (κ3) is 4.29. The Bertz CT molecular complexity index is 1320. The molecule has 35 heavy (non-hydrogen) atoms. The number of carbonyl (C=O) groups excluding carboxylic acids is 2. The van der Waals surface area contributed by atoms with Gasteiger partial charge in [-0.1, -0.05) is 19.9 Å². The van der Waals surface area contributed by atoms with E-state index in [4.69, 9.17) is 10.5 Å². The van der Waals surface area contributed by atoms with Crippen molar-refractivity contribution in [2.24, 2.45) is 11.1 Å². The van der Waals surface area contributed by atoms with Crippen LogP contribution in [0.4, 0.5) is 5.69 Å². The molecule has 1 saturated carbocycles. The van der Waals surface area contributed by atoms with Gasteiger partial charge in [0.1, 0.15) is 5.75 Å². The molecule has 0 saturated heterocycles. The molecule has 1 aromatic heterocycles. The molecule has 0 spiro atoms. The highest BCUT2D eigenvalue weighted by Gasteiger charge is 2.35. The molecule has 2 heterocycles. The summed E-state index contributed by atoms with van der Waals surface area (Å²) in [7, 11) is 1.62. The van der Waals surface area contributed by atoms with E-state index in [0.29, 0.717) is 23.4 Å². The smallest absolute Gasteiger partial charge is 0.250 e. The summed E-state index contributed by atoms with van der Waals surface area (Å²) in [6, 6.07) is 11.7. The first kappa shape index (κ1) is 23.4. The molecule has 5 rings (SSSR count). The van der Waals surface area contributed by atoms with E-state index < -0.39 is 5.91 Å². The van der Waals surface area contributed by atoms with Crippen LogP contribution < -0.4 is 15.8 Å². The molecule has 0 atom stereocenters. The Balaban J connectivity index is 1.67. The molecule has 1 amide bonds. The number of aliphatic hydroxyl groups excluding tert-OH is 1. The Hall–Kier alpha value is -3.32. The third-order valence-electron chi connectivity index (χ3n) is 7.43. The van der Waals surface area contributed by atoms with Gasteiger partial charge in [-0.3, -0.25) is 14.2 Å². The van der Waals surface area contributed by atoms with Crippen molar-refractivity contribution in [3.63, 3.8) is 0 Å². The number of nitrogens with zero attached hydrogens (tertiary/aromatic N) is 1. The van der Waals surface area contributed by atoms with E-state index in [1.54, 1.807) is 13.2 Å². The number of methoxy groups -OCH3 is 1. The summed E-state index contributed by atoms with van der Waals surface area (Å²) in [5.41, 5.74) is 10.4. The van der Waals surface area contributed by atoms with E-state index in [9.17, 15) is 14.7 Å².